The van der Waals surface area contributed by atoms with E-state index in [4.69, 9.17) is 4.42 Å². The van der Waals surface area contributed by atoms with Gasteiger partial charge in [0.15, 0.2) is 0 Å². The minimum absolute atomic E-state index is 0.0584. The Bertz CT molecular complexity index is 789. The Morgan fingerprint density at radius 1 is 1.41 bits per heavy atom. The Kier molecular flexibility index (Phi) is 4.43. The number of nitrogens with one attached hydrogen (secondary N) is 1. The predicted octanol–water partition coefficient (Wildman–Crippen LogP) is 1.11. The molecular formula is C14H19N3O4S. The molecule has 0 bridgehead atoms. The Morgan fingerprint density at radius 3 is 2.64 bits per heavy atom. The van der Waals surface area contributed by atoms with Crippen LogP contribution in [0, 0.1) is 6.92 Å². The fourth-order valence-corrected chi connectivity index (χ4v) is 2.88. The fourth-order valence-electron chi connectivity index (χ4n) is 2.08. The maximum Gasteiger partial charge on any atom is 0.270 e. The first kappa shape index (κ1) is 16.3. The number of aryl methyl sites for hydroxylation is 2. The van der Waals surface area contributed by atoms with Crippen LogP contribution in [0.4, 0.5) is 0 Å². The normalized spacial score (nSPS) is 11.6. The van der Waals surface area contributed by atoms with Crippen molar-refractivity contribution >= 4 is 15.9 Å². The molecule has 0 aliphatic heterocycles. The van der Waals surface area contributed by atoms with Crippen LogP contribution >= 0.6 is 0 Å². The van der Waals surface area contributed by atoms with Gasteiger partial charge in [-0.3, -0.25) is 4.79 Å². The van der Waals surface area contributed by atoms with Gasteiger partial charge in [-0.1, -0.05) is 0 Å². The average molecular weight is 325 g/mol. The summed E-state index contributed by atoms with van der Waals surface area (Å²) in [6, 6.07) is 4.99. The van der Waals surface area contributed by atoms with Crippen LogP contribution in [-0.2, 0) is 23.6 Å². The molecule has 2 heterocycles. The number of rotatable bonds is 5. The Labute approximate surface area is 129 Å². The summed E-state index contributed by atoms with van der Waals surface area (Å²) in [7, 11) is 1.02. The molecule has 0 spiro atoms. The molecule has 1 amide bonds. The number of hydrogen-bond acceptors (Lipinski definition) is 4. The van der Waals surface area contributed by atoms with E-state index in [0.717, 1.165) is 5.76 Å². The molecule has 0 aromatic carbocycles. The number of hydrogen-bond donors (Lipinski definition) is 1. The summed E-state index contributed by atoms with van der Waals surface area (Å²) in [6.07, 6.45) is 1.41. The third-order valence-electron chi connectivity index (χ3n) is 3.31. The molecule has 2 rings (SSSR count). The molecule has 0 fully saturated rings. The van der Waals surface area contributed by atoms with Crippen LogP contribution in [0.15, 0.2) is 33.7 Å². The first-order valence-corrected chi connectivity index (χ1v) is 8.13. The maximum absolute atomic E-state index is 12.5. The van der Waals surface area contributed by atoms with Crippen LogP contribution in [0.3, 0.4) is 0 Å². The number of nitrogens with zero attached hydrogens (tertiary/aromatic N) is 2. The van der Waals surface area contributed by atoms with E-state index in [2.05, 4.69) is 4.72 Å². The highest BCUT2D eigenvalue weighted by molar-refractivity contribution is 7.89. The van der Waals surface area contributed by atoms with Gasteiger partial charge in [-0.25, -0.2) is 13.1 Å². The third-order valence-corrected chi connectivity index (χ3v) is 4.70. The molecule has 0 aliphatic rings. The Morgan fingerprint density at radius 2 is 2.09 bits per heavy atom. The van der Waals surface area contributed by atoms with E-state index in [-0.39, 0.29) is 10.8 Å². The summed E-state index contributed by atoms with van der Waals surface area (Å²) in [5, 5.41) is 0. The smallest absolute Gasteiger partial charge is 0.270 e. The van der Waals surface area contributed by atoms with Gasteiger partial charge < -0.3 is 13.9 Å². The van der Waals surface area contributed by atoms with Crippen LogP contribution in [-0.4, -0.2) is 37.9 Å². The lowest BCUT2D eigenvalue weighted by atomic mass is 10.3. The SMILES string of the molecule is CNS(=O)(=O)c1cc(C(=O)N(C)Cc2ccc(C)o2)n(C)c1. The Hall–Kier alpha value is -2.06. The second kappa shape index (κ2) is 5.98. The molecule has 0 saturated carbocycles. The van der Waals surface area contributed by atoms with Gasteiger partial charge in [-0.15, -0.1) is 0 Å². The lowest BCUT2D eigenvalue weighted by molar-refractivity contribution is 0.0765. The highest BCUT2D eigenvalue weighted by atomic mass is 32.2. The van der Waals surface area contributed by atoms with E-state index < -0.39 is 10.0 Å². The van der Waals surface area contributed by atoms with Gasteiger partial charge in [0.2, 0.25) is 10.0 Å². The van der Waals surface area contributed by atoms with Crippen molar-refractivity contribution in [2.24, 2.45) is 7.05 Å². The van der Waals surface area contributed by atoms with Crippen molar-refractivity contribution in [3.8, 4) is 0 Å². The van der Waals surface area contributed by atoms with Crippen molar-refractivity contribution in [2.75, 3.05) is 14.1 Å². The lowest BCUT2D eigenvalue weighted by Crippen LogP contribution is -2.27. The number of carbonyl (C=O) groups excluding carboxylic acids is 1. The molecule has 2 aromatic rings. The van der Waals surface area contributed by atoms with Crippen LogP contribution < -0.4 is 4.72 Å². The summed E-state index contributed by atoms with van der Waals surface area (Å²) < 4.78 is 32.7. The maximum atomic E-state index is 12.5. The molecule has 0 saturated heterocycles. The standard InChI is InChI=1S/C14H19N3O4S/c1-10-5-6-11(21-10)8-17(4)14(18)13-7-12(9-16(13)3)22(19,20)15-2/h5-7,9,15H,8H2,1-4H3. The summed E-state index contributed by atoms with van der Waals surface area (Å²) in [6.45, 7) is 2.14. The lowest BCUT2D eigenvalue weighted by Gasteiger charge is -2.15. The van der Waals surface area contributed by atoms with Crippen molar-refractivity contribution in [3.05, 3.63) is 41.6 Å². The van der Waals surface area contributed by atoms with Crippen molar-refractivity contribution in [1.82, 2.24) is 14.2 Å². The highest BCUT2D eigenvalue weighted by Crippen LogP contribution is 2.16. The average Bonchev–Trinajstić information content (AvgIpc) is 3.04. The summed E-state index contributed by atoms with van der Waals surface area (Å²) in [5.41, 5.74) is 0.291. The van der Waals surface area contributed by atoms with Gasteiger partial charge in [-0.05, 0) is 32.2 Å². The summed E-state index contributed by atoms with van der Waals surface area (Å²) in [5.74, 6) is 1.16. The molecule has 0 atom stereocenters. The van der Waals surface area contributed by atoms with Crippen LogP contribution in [0.5, 0.6) is 0 Å². The zero-order valence-electron chi connectivity index (χ0n) is 13.0. The summed E-state index contributed by atoms with van der Waals surface area (Å²) >= 11 is 0. The van der Waals surface area contributed by atoms with E-state index in [1.54, 1.807) is 20.2 Å². The van der Waals surface area contributed by atoms with Crippen molar-refractivity contribution in [2.45, 2.75) is 18.4 Å². The second-order valence-corrected chi connectivity index (χ2v) is 6.94. The van der Waals surface area contributed by atoms with Crippen molar-refractivity contribution in [1.29, 1.82) is 0 Å². The third kappa shape index (κ3) is 3.23. The number of furan rings is 1. The minimum atomic E-state index is -3.57. The monoisotopic (exact) mass is 325 g/mol. The fraction of sp³-hybridized carbons (Fsp3) is 0.357. The number of sulfonamides is 1. The molecule has 2 aromatic heterocycles. The first-order chi connectivity index (χ1) is 10.2. The van der Waals surface area contributed by atoms with Crippen molar-refractivity contribution in [3.63, 3.8) is 0 Å². The van der Waals surface area contributed by atoms with Crippen LogP contribution in [0.2, 0.25) is 0 Å². The summed E-state index contributed by atoms with van der Waals surface area (Å²) in [4.78, 5) is 14.0. The van der Waals surface area contributed by atoms with Gasteiger partial charge in [0.1, 0.15) is 22.1 Å². The zero-order valence-corrected chi connectivity index (χ0v) is 13.8. The molecule has 7 nitrogen and oxygen atoms in total. The second-order valence-electron chi connectivity index (χ2n) is 5.05. The predicted molar refractivity (Wildman–Crippen MR) is 80.9 cm³/mol. The van der Waals surface area contributed by atoms with Crippen LogP contribution in [0.1, 0.15) is 22.0 Å². The zero-order chi connectivity index (χ0) is 16.5. The molecule has 120 valence electrons. The quantitative estimate of drug-likeness (QED) is 0.892. The van der Waals surface area contributed by atoms with E-state index in [1.807, 2.05) is 13.0 Å². The molecule has 0 radical (unpaired) electrons. The number of amides is 1. The molecule has 22 heavy (non-hydrogen) atoms. The number of aromatic nitrogens is 1. The molecule has 0 aliphatic carbocycles. The van der Waals surface area contributed by atoms with Gasteiger partial charge in [0.25, 0.3) is 5.91 Å². The van der Waals surface area contributed by atoms with E-state index in [9.17, 15) is 13.2 Å². The largest absolute Gasteiger partial charge is 0.464 e. The van der Waals surface area contributed by atoms with Crippen molar-refractivity contribution < 1.29 is 17.6 Å². The molecule has 8 heteroatoms. The van der Waals surface area contributed by atoms with Gasteiger partial charge >= 0.3 is 0 Å². The van der Waals surface area contributed by atoms with Crippen LogP contribution in [0.25, 0.3) is 0 Å². The topological polar surface area (TPSA) is 84.6 Å². The van der Waals surface area contributed by atoms with E-state index in [1.165, 1.54) is 28.8 Å². The van der Waals surface area contributed by atoms with E-state index in [0.29, 0.717) is 18.0 Å². The molecular weight excluding hydrogens is 306 g/mol. The molecule has 1 N–H and O–H groups in total. The minimum Gasteiger partial charge on any atom is -0.464 e. The van der Waals surface area contributed by atoms with Gasteiger partial charge in [-0.2, -0.15) is 0 Å². The highest BCUT2D eigenvalue weighted by Gasteiger charge is 2.21. The Balaban J connectivity index is 2.22. The first-order valence-electron chi connectivity index (χ1n) is 6.65. The van der Waals surface area contributed by atoms with E-state index >= 15 is 0 Å². The van der Waals surface area contributed by atoms with Gasteiger partial charge in [0.05, 0.1) is 6.54 Å². The van der Waals surface area contributed by atoms with Gasteiger partial charge in [0, 0.05) is 20.3 Å². The number of carbonyl (C=O) groups is 1. The molecule has 0 unspecified atom stereocenters.